The van der Waals surface area contributed by atoms with E-state index < -0.39 is 115 Å². The highest BCUT2D eigenvalue weighted by atomic mass is 31.2. The lowest BCUT2D eigenvalue weighted by molar-refractivity contribution is -0.0645. The van der Waals surface area contributed by atoms with E-state index in [4.69, 9.17) is 43.8 Å². The number of H-pyrrole nitrogens is 1. The first-order chi connectivity index (χ1) is 30.1. The Labute approximate surface area is 349 Å². The molecule has 3 aliphatic rings. The zero-order valence-corrected chi connectivity index (χ0v) is 33.5. The van der Waals surface area contributed by atoms with Crippen LogP contribution >= 0.6 is 15.6 Å². The number of phosphoric ester groups is 2. The minimum atomic E-state index is -5.32. The van der Waals surface area contributed by atoms with E-state index in [1.807, 2.05) is 0 Å². The second-order valence-electron chi connectivity index (χ2n) is 14.2. The van der Waals surface area contributed by atoms with Gasteiger partial charge >= 0.3 is 15.6 Å². The third-order valence-electron chi connectivity index (χ3n) is 10.4. The molecule has 3 saturated heterocycles. The summed E-state index contributed by atoms with van der Waals surface area (Å²) >= 11 is 0. The number of anilines is 2. The number of aromatic nitrogens is 12. The predicted molar refractivity (Wildman–Crippen MR) is 202 cm³/mol. The molecule has 0 saturated carbocycles. The fourth-order valence-corrected chi connectivity index (χ4v) is 9.23. The van der Waals surface area contributed by atoms with Crippen LogP contribution in [-0.4, -0.2) is 169 Å². The van der Waals surface area contributed by atoms with E-state index in [1.54, 1.807) is 0 Å². The molecule has 0 aliphatic carbocycles. The lowest BCUT2D eigenvalue weighted by atomic mass is 10.1. The topological polar surface area (TPSA) is 443 Å². The summed E-state index contributed by atoms with van der Waals surface area (Å²) in [5.41, 5.74) is 11.4. The molecular weight excluding hydrogens is 890 g/mol. The normalized spacial score (nSPS) is 31.9. The van der Waals surface area contributed by atoms with Crippen molar-refractivity contribution < 1.29 is 76.8 Å². The van der Waals surface area contributed by atoms with Gasteiger partial charge in [0.05, 0.1) is 45.1 Å². The Bertz CT molecular complexity index is 2810. The Morgan fingerprint density at radius 2 is 1.06 bits per heavy atom. The van der Waals surface area contributed by atoms with Crippen LogP contribution in [0.25, 0.3) is 33.5 Å². The van der Waals surface area contributed by atoms with Crippen molar-refractivity contribution in [3.8, 4) is 0 Å². The van der Waals surface area contributed by atoms with Crippen molar-refractivity contribution in [1.82, 2.24) is 58.6 Å². The zero-order chi connectivity index (χ0) is 44.5. The van der Waals surface area contributed by atoms with E-state index >= 15 is 0 Å². The monoisotopic (exact) mass is 926 g/mol. The number of phosphoric acid groups is 2. The van der Waals surface area contributed by atoms with Crippen LogP contribution in [0.5, 0.6) is 0 Å². The van der Waals surface area contributed by atoms with Gasteiger partial charge in [0, 0.05) is 0 Å². The number of nitrogens with zero attached hydrogens (tertiary/aromatic N) is 11. The van der Waals surface area contributed by atoms with Gasteiger partial charge in [0.2, 0.25) is 0 Å². The van der Waals surface area contributed by atoms with E-state index in [9.17, 15) is 49.2 Å². The minimum absolute atomic E-state index is 0.00213. The number of nitrogens with one attached hydrogen (secondary N) is 1. The van der Waals surface area contributed by atoms with Gasteiger partial charge in [0.15, 0.2) is 52.8 Å². The molecule has 6 aromatic heterocycles. The second-order valence-corrected chi connectivity index (χ2v) is 17.0. The van der Waals surface area contributed by atoms with Gasteiger partial charge in [-0.05, 0) is 0 Å². The van der Waals surface area contributed by atoms with Crippen LogP contribution in [0, 0.1) is 0 Å². The fourth-order valence-electron chi connectivity index (χ4n) is 7.36. The summed E-state index contributed by atoms with van der Waals surface area (Å²) < 4.78 is 69.2. The first kappa shape index (κ1) is 43.2. The number of aromatic amines is 1. The molecule has 0 aromatic carbocycles. The molecule has 9 rings (SSSR count). The van der Waals surface area contributed by atoms with E-state index in [1.165, 1.54) is 15.5 Å². The van der Waals surface area contributed by atoms with Crippen molar-refractivity contribution in [2.45, 2.75) is 73.6 Å². The number of hydrogen-bond donors (Lipinski definition) is 10. The highest BCUT2D eigenvalue weighted by molar-refractivity contribution is 7.47. The quantitative estimate of drug-likeness (QED) is 0.0467. The van der Waals surface area contributed by atoms with Gasteiger partial charge in [-0.15, -0.1) is 0 Å². The summed E-state index contributed by atoms with van der Waals surface area (Å²) in [5.74, 6) is -0.0665. The molecule has 0 radical (unpaired) electrons. The van der Waals surface area contributed by atoms with E-state index in [-0.39, 0.29) is 45.1 Å². The van der Waals surface area contributed by atoms with Crippen molar-refractivity contribution in [1.29, 1.82) is 0 Å². The number of aliphatic hydroxyl groups excluding tert-OH is 5. The van der Waals surface area contributed by atoms with E-state index in [2.05, 4.69) is 44.9 Å². The second kappa shape index (κ2) is 16.5. The van der Waals surface area contributed by atoms with Gasteiger partial charge in [-0.25, -0.2) is 49.0 Å². The number of nitrogen functional groups attached to an aromatic ring is 2. The maximum Gasteiger partial charge on any atom is 0.472 e. The number of hydrogen-bond acceptors (Lipinski definition) is 25. The lowest BCUT2D eigenvalue weighted by Gasteiger charge is -2.25. The van der Waals surface area contributed by atoms with Crippen LogP contribution in [0.4, 0.5) is 11.6 Å². The molecule has 0 spiro atoms. The van der Waals surface area contributed by atoms with Crippen molar-refractivity contribution in [3.05, 3.63) is 48.3 Å². The van der Waals surface area contributed by atoms with Crippen molar-refractivity contribution in [2.24, 2.45) is 0 Å². The third-order valence-corrected chi connectivity index (χ3v) is 12.4. The van der Waals surface area contributed by atoms with E-state index in [0.717, 1.165) is 36.2 Å². The van der Waals surface area contributed by atoms with Crippen LogP contribution < -0.4 is 17.0 Å². The number of nitrogens with two attached hydrogens (primary N) is 2. The van der Waals surface area contributed by atoms with Gasteiger partial charge in [-0.3, -0.25) is 36.6 Å². The summed E-state index contributed by atoms with van der Waals surface area (Å²) in [6, 6.07) is 0. The third kappa shape index (κ3) is 7.86. The Morgan fingerprint density at radius 3 is 1.60 bits per heavy atom. The molecule has 6 aromatic rings. The smallest absolute Gasteiger partial charge is 0.394 e. The van der Waals surface area contributed by atoms with Gasteiger partial charge in [-0.2, -0.15) is 0 Å². The van der Waals surface area contributed by atoms with Gasteiger partial charge < -0.3 is 66.0 Å². The molecule has 3 aliphatic heterocycles. The van der Waals surface area contributed by atoms with Crippen molar-refractivity contribution >= 4 is 60.8 Å². The van der Waals surface area contributed by atoms with Crippen LogP contribution in [0.3, 0.4) is 0 Å². The zero-order valence-electron chi connectivity index (χ0n) is 31.7. The van der Waals surface area contributed by atoms with Crippen LogP contribution in [-0.2, 0) is 41.4 Å². The molecule has 14 atom stereocenters. The largest absolute Gasteiger partial charge is 0.472 e. The first-order valence-corrected chi connectivity index (χ1v) is 21.4. The molecular formula is C30H36N14O17P2. The molecule has 0 bridgehead atoms. The number of aliphatic hydroxyl groups is 5. The van der Waals surface area contributed by atoms with Gasteiger partial charge in [0.25, 0.3) is 5.56 Å². The van der Waals surface area contributed by atoms with Crippen molar-refractivity contribution in [3.63, 3.8) is 0 Å². The van der Waals surface area contributed by atoms with Gasteiger partial charge in [-0.1, -0.05) is 0 Å². The minimum Gasteiger partial charge on any atom is -0.394 e. The molecule has 9 heterocycles. The highest BCUT2D eigenvalue weighted by Crippen LogP contribution is 2.53. The Kier molecular flexibility index (Phi) is 11.3. The summed E-state index contributed by atoms with van der Waals surface area (Å²) in [4.78, 5) is 68.5. The Balaban J connectivity index is 0.914. The standard InChI is InChI=1S/C30H36N14O17P2/c31-22-13-24(35-4-33-22)43(7-39-13)29-20(17(47)10(1-45)57-29)60-63(53,54)56-3-12-18(48)21(30(59-12)44-8-40-14-23(32)34-5-36-25(14)44)61-62(51,52)55-2-11-16(46)19(49)28(58-11)42-9-41-15-26(42)37-6-38-27(15)50/h4-12,16-21,28-30,45-49H,1-3H2,(H,51,52)(H,53,54)(H2,31,33,35)(H2,32,34,36)(H,37,38,50)/t10-,11-,12-,16-,17-,18-,19-,20-,21-,28-,29-,30-/m1/s1. The Hall–Kier alpha value is -5.05. The summed E-state index contributed by atoms with van der Waals surface area (Å²) in [5, 5.41) is 53.9. The molecule has 3 fully saturated rings. The summed E-state index contributed by atoms with van der Waals surface area (Å²) in [6.45, 7) is -2.58. The summed E-state index contributed by atoms with van der Waals surface area (Å²) in [7, 11) is -10.6. The molecule has 33 heteroatoms. The highest BCUT2D eigenvalue weighted by Gasteiger charge is 2.53. The van der Waals surface area contributed by atoms with Gasteiger partial charge in [0.1, 0.15) is 78.6 Å². The maximum absolute atomic E-state index is 13.5. The number of imidazole rings is 3. The average molecular weight is 927 g/mol. The van der Waals surface area contributed by atoms with E-state index in [0.29, 0.717) is 0 Å². The average Bonchev–Trinajstić information content (AvgIpc) is 4.11. The summed E-state index contributed by atoms with van der Waals surface area (Å²) in [6.07, 6.45) is -12.7. The molecule has 338 valence electrons. The Morgan fingerprint density at radius 1 is 0.619 bits per heavy atom. The number of fused-ring (bicyclic) bond motifs is 3. The SMILES string of the molecule is Nc1ncnc2c1ncn2[C@@H]1O[C@H](CO)[C@@H](O)[C@H]1OP(=O)(O)OC[C@H]1O[C@@H](n2cnc3c(N)ncnc32)[C@H](OP(=O)(O)OC[C@H]2O[C@@H](n3cnc4c(=O)[nH]cnc43)[C@H](O)[C@@H]2O)[C@@H]1O. The molecule has 63 heavy (non-hydrogen) atoms. The first-order valence-electron chi connectivity index (χ1n) is 18.4. The van der Waals surface area contributed by atoms with Crippen LogP contribution in [0.15, 0.2) is 42.8 Å². The fraction of sp³-hybridized carbons (Fsp3) is 0.500. The predicted octanol–water partition coefficient (Wildman–Crippen LogP) is -3.90. The van der Waals surface area contributed by atoms with Crippen molar-refractivity contribution in [2.75, 3.05) is 31.3 Å². The number of rotatable bonds is 14. The molecule has 0 amide bonds. The van der Waals surface area contributed by atoms with Crippen LogP contribution in [0.2, 0.25) is 0 Å². The number of ether oxygens (including phenoxy) is 3. The maximum atomic E-state index is 13.5. The molecule has 31 nitrogen and oxygen atoms in total. The molecule has 12 N–H and O–H groups in total. The van der Waals surface area contributed by atoms with Crippen LogP contribution in [0.1, 0.15) is 18.7 Å². The molecule has 2 unspecified atom stereocenters. The lowest BCUT2D eigenvalue weighted by Crippen LogP contribution is -2.37.